The lowest BCUT2D eigenvalue weighted by Crippen LogP contribution is -2.38. The van der Waals surface area contributed by atoms with E-state index in [0.717, 1.165) is 25.6 Å². The number of rotatable bonds is 2. The van der Waals surface area contributed by atoms with Crippen LogP contribution >= 0.6 is 0 Å². The van der Waals surface area contributed by atoms with E-state index in [9.17, 15) is 18.7 Å². The van der Waals surface area contributed by atoms with Crippen molar-refractivity contribution in [2.45, 2.75) is 56.8 Å². The van der Waals surface area contributed by atoms with Gasteiger partial charge in [-0.3, -0.25) is 0 Å². The average Bonchev–Trinajstić information content (AvgIpc) is 3.07. The molecule has 0 radical (unpaired) electrons. The van der Waals surface area contributed by atoms with E-state index in [1.807, 2.05) is 30.3 Å². The number of aliphatic hydroxyl groups is 3. The number of hydrogen-bond acceptors (Lipinski definition) is 6. The molecule has 2 heterocycles. The molecule has 172 valence electrons. The van der Waals surface area contributed by atoms with Crippen molar-refractivity contribution in [2.24, 2.45) is 0 Å². The highest BCUT2D eigenvalue weighted by atomic mass is 19.1. The summed E-state index contributed by atoms with van der Waals surface area (Å²) in [5, 5.41) is 28.4. The number of ether oxygens (including phenoxy) is 1. The van der Waals surface area contributed by atoms with Gasteiger partial charge < -0.3 is 30.3 Å². The lowest BCUT2D eigenvalue weighted by Gasteiger charge is -2.22. The second kappa shape index (κ2) is 15.1. The predicted octanol–water partition coefficient (Wildman–Crippen LogP) is 1.80. The Labute approximate surface area is 176 Å². The Kier molecular flexibility index (Phi) is 13.2. The summed E-state index contributed by atoms with van der Waals surface area (Å²) < 4.78 is 31.0. The van der Waals surface area contributed by atoms with Gasteiger partial charge in [0.15, 0.2) is 0 Å². The minimum absolute atomic E-state index is 0.00517. The average molecular weight is 433 g/mol. The van der Waals surface area contributed by atoms with Gasteiger partial charge in [-0.15, -0.1) is 0 Å². The Bertz CT molecular complexity index is 572. The summed E-state index contributed by atoms with van der Waals surface area (Å²) in [6.07, 6.45) is -2.53. The summed E-state index contributed by atoms with van der Waals surface area (Å²) in [5.41, 5.74) is 0.898. The number of carbonyl (C=O) groups is 1. The number of nitrogens with zero attached hydrogens (tertiary/aromatic N) is 1. The maximum absolute atomic E-state index is 13.3. The number of aliphatic hydroxyl groups excluding tert-OH is 3. The van der Waals surface area contributed by atoms with Crippen molar-refractivity contribution in [2.75, 3.05) is 33.3 Å². The SMILES string of the molecule is CO.O=C(OCc1ccccc1)N1CCC[C@@H](F)[C@H](O)C1.O[C@@H]1CNCCC[C@H]1F. The zero-order chi connectivity index (χ0) is 22.4. The third kappa shape index (κ3) is 9.80. The normalized spacial score (nSPS) is 26.7. The Morgan fingerprint density at radius 2 is 1.73 bits per heavy atom. The molecule has 4 N–H and O–H groups in total. The van der Waals surface area contributed by atoms with Crippen LogP contribution in [-0.2, 0) is 11.3 Å². The lowest BCUT2D eigenvalue weighted by molar-refractivity contribution is 0.0461. The van der Waals surface area contributed by atoms with Crippen LogP contribution in [0.3, 0.4) is 0 Å². The van der Waals surface area contributed by atoms with Crippen LogP contribution in [0.5, 0.6) is 0 Å². The summed E-state index contributed by atoms with van der Waals surface area (Å²) >= 11 is 0. The smallest absolute Gasteiger partial charge is 0.410 e. The predicted molar refractivity (Wildman–Crippen MR) is 109 cm³/mol. The standard InChI is InChI=1S/C14H18FNO3.C6H12FNO.CH4O/c15-12-7-4-8-16(9-13(12)17)14(18)19-10-11-5-2-1-3-6-11;7-5-2-1-3-8-4-6(5)9;1-2/h1-3,5-6,12-13,17H,4,7-10H2;5-6,8-9H,1-4H2;2H,1H3/t12-,13-;5-,6-;/m11./s1. The van der Waals surface area contributed by atoms with E-state index in [2.05, 4.69) is 5.32 Å². The monoisotopic (exact) mass is 432 g/mol. The molecule has 0 bridgehead atoms. The van der Waals surface area contributed by atoms with Crippen LogP contribution in [0.1, 0.15) is 31.2 Å². The Morgan fingerprint density at radius 3 is 2.43 bits per heavy atom. The number of β-amino-alcohol motifs (C(OH)–C–C–N with tert-alkyl or cyclic N) is 2. The first-order chi connectivity index (χ1) is 14.5. The molecule has 30 heavy (non-hydrogen) atoms. The van der Waals surface area contributed by atoms with E-state index in [-0.39, 0.29) is 19.6 Å². The molecule has 4 atom stereocenters. The number of alkyl halides is 2. The van der Waals surface area contributed by atoms with Crippen molar-refractivity contribution in [1.29, 1.82) is 0 Å². The number of halogens is 2. The molecule has 3 rings (SSSR count). The molecule has 0 unspecified atom stereocenters. The molecule has 2 aliphatic heterocycles. The van der Waals surface area contributed by atoms with Gasteiger partial charge >= 0.3 is 6.09 Å². The largest absolute Gasteiger partial charge is 0.445 e. The molecule has 1 amide bonds. The molecule has 0 aromatic heterocycles. The lowest BCUT2D eigenvalue weighted by atomic mass is 10.1. The highest BCUT2D eigenvalue weighted by Gasteiger charge is 2.28. The third-order valence-corrected chi connectivity index (χ3v) is 4.80. The van der Waals surface area contributed by atoms with Crippen molar-refractivity contribution in [3.05, 3.63) is 35.9 Å². The van der Waals surface area contributed by atoms with Gasteiger partial charge in [0.05, 0.1) is 12.6 Å². The van der Waals surface area contributed by atoms with Crippen LogP contribution in [-0.4, -0.2) is 84.2 Å². The number of likely N-dealkylation sites (tertiary alicyclic amines) is 1. The molecule has 2 saturated heterocycles. The van der Waals surface area contributed by atoms with E-state index < -0.39 is 30.6 Å². The van der Waals surface area contributed by atoms with Crippen molar-refractivity contribution >= 4 is 6.09 Å². The topological polar surface area (TPSA) is 102 Å². The van der Waals surface area contributed by atoms with Gasteiger partial charge in [-0.05, 0) is 37.8 Å². The minimum atomic E-state index is -1.26. The number of amides is 1. The first-order valence-electron chi connectivity index (χ1n) is 10.2. The number of hydrogen-bond donors (Lipinski definition) is 4. The fraction of sp³-hybridized carbons (Fsp3) is 0.667. The maximum atomic E-state index is 13.3. The maximum Gasteiger partial charge on any atom is 0.410 e. The molecule has 0 saturated carbocycles. The number of nitrogens with one attached hydrogen (secondary N) is 1. The summed E-state index contributed by atoms with van der Waals surface area (Å²) in [5.74, 6) is 0. The number of carbonyl (C=O) groups excluding carboxylic acids is 1. The van der Waals surface area contributed by atoms with E-state index in [4.69, 9.17) is 14.9 Å². The van der Waals surface area contributed by atoms with Crippen molar-refractivity contribution < 1.29 is 33.6 Å². The van der Waals surface area contributed by atoms with E-state index in [1.165, 1.54) is 4.90 Å². The molecule has 7 nitrogen and oxygen atoms in total. The summed E-state index contributed by atoms with van der Waals surface area (Å²) in [6.45, 7) is 1.84. The summed E-state index contributed by atoms with van der Waals surface area (Å²) in [7, 11) is 1.00. The van der Waals surface area contributed by atoms with Gasteiger partial charge in [0, 0.05) is 20.2 Å². The third-order valence-electron chi connectivity index (χ3n) is 4.80. The molecule has 9 heteroatoms. The highest BCUT2D eigenvalue weighted by molar-refractivity contribution is 5.67. The summed E-state index contributed by atoms with van der Waals surface area (Å²) in [4.78, 5) is 13.2. The molecule has 1 aromatic carbocycles. The fourth-order valence-corrected chi connectivity index (χ4v) is 3.07. The zero-order valence-corrected chi connectivity index (χ0v) is 17.4. The van der Waals surface area contributed by atoms with Crippen LogP contribution in [0.2, 0.25) is 0 Å². The van der Waals surface area contributed by atoms with E-state index >= 15 is 0 Å². The second-order valence-electron chi connectivity index (χ2n) is 7.14. The number of benzene rings is 1. The van der Waals surface area contributed by atoms with Gasteiger partial charge in [-0.2, -0.15) is 0 Å². The fourth-order valence-electron chi connectivity index (χ4n) is 3.07. The van der Waals surface area contributed by atoms with Crippen LogP contribution in [0.4, 0.5) is 13.6 Å². The van der Waals surface area contributed by atoms with Gasteiger partial charge in [0.1, 0.15) is 25.1 Å². The zero-order valence-electron chi connectivity index (χ0n) is 17.4. The quantitative estimate of drug-likeness (QED) is 0.568. The highest BCUT2D eigenvalue weighted by Crippen LogP contribution is 2.16. The minimum Gasteiger partial charge on any atom is -0.445 e. The van der Waals surface area contributed by atoms with Crippen molar-refractivity contribution in [3.63, 3.8) is 0 Å². The van der Waals surface area contributed by atoms with Gasteiger partial charge in [0.25, 0.3) is 0 Å². The molecule has 1 aromatic rings. The van der Waals surface area contributed by atoms with Crippen LogP contribution in [0.15, 0.2) is 30.3 Å². The van der Waals surface area contributed by atoms with E-state index in [1.54, 1.807) is 0 Å². The molecule has 0 aliphatic carbocycles. The van der Waals surface area contributed by atoms with Crippen LogP contribution < -0.4 is 5.32 Å². The Hall–Kier alpha value is -1.81. The second-order valence-corrected chi connectivity index (χ2v) is 7.14. The first-order valence-corrected chi connectivity index (χ1v) is 10.2. The van der Waals surface area contributed by atoms with Crippen molar-refractivity contribution in [3.8, 4) is 0 Å². The molecule has 0 spiro atoms. The molecule has 2 aliphatic rings. The Morgan fingerprint density at radius 1 is 1.10 bits per heavy atom. The Balaban J connectivity index is 0.000000342. The van der Waals surface area contributed by atoms with Crippen LogP contribution in [0.25, 0.3) is 0 Å². The van der Waals surface area contributed by atoms with Crippen LogP contribution in [0, 0.1) is 0 Å². The summed E-state index contributed by atoms with van der Waals surface area (Å²) in [6, 6.07) is 9.35. The first kappa shape index (κ1) is 26.2. The van der Waals surface area contributed by atoms with Crippen molar-refractivity contribution in [1.82, 2.24) is 10.2 Å². The van der Waals surface area contributed by atoms with E-state index in [0.29, 0.717) is 25.9 Å². The molecular formula is C21H34F2N2O5. The molecular weight excluding hydrogens is 398 g/mol. The molecule has 2 fully saturated rings. The van der Waals surface area contributed by atoms with Gasteiger partial charge in [0.2, 0.25) is 0 Å². The van der Waals surface area contributed by atoms with Gasteiger partial charge in [-0.1, -0.05) is 30.3 Å². The van der Waals surface area contributed by atoms with Gasteiger partial charge in [-0.25, -0.2) is 13.6 Å².